The van der Waals surface area contributed by atoms with Crippen molar-refractivity contribution in [2.24, 2.45) is 5.92 Å². The number of pyridine rings is 1. The molecule has 0 radical (unpaired) electrons. The summed E-state index contributed by atoms with van der Waals surface area (Å²) >= 11 is 6.79. The molecule has 440 valence electrons. The summed E-state index contributed by atoms with van der Waals surface area (Å²) in [5.41, 5.74) is 6.69. The van der Waals surface area contributed by atoms with Gasteiger partial charge in [-0.1, -0.05) is 66.6 Å². The number of piperazine rings is 1. The van der Waals surface area contributed by atoms with Gasteiger partial charge >= 0.3 is 0 Å². The third-order valence-corrected chi connectivity index (χ3v) is 18.4. The number of benzene rings is 4. The monoisotopic (exact) mass is 1160 g/mol. The number of carbonyl (C=O) groups excluding carboxylic acids is 6. The quantitative estimate of drug-likeness (QED) is 0.0422. The van der Waals surface area contributed by atoms with Crippen LogP contribution < -0.4 is 21.5 Å². The van der Waals surface area contributed by atoms with Crippen molar-refractivity contribution in [3.63, 3.8) is 0 Å². The standard InChI is InChI=1S/C65H75ClN10O8/c66-59-49-16-6-7-18-53(49)70-55-38-45(19-21-50(55)59)60(79)67-28-10-15-46(37-43-11-3-1-4-12-43)62(81)74-31-26-65(84,27-32-74)41-75-42-68-54-39-47(20-22-51(54)63(75)82)69-58(78)25-30-73-35-33-72(34-36-73)29-8-2-5-13-44-14-9-17-48-52(44)40-76(64(48)83)56-23-24-57(77)71-61(56)80/h1,3-4,9,11-12,14,17,19-22,38-39,42,46,56,84H,2,5-8,10,13,15-16,18,23-37,40-41H2,(H,67,79)(H,69,78)(H,71,77,80). The van der Waals surface area contributed by atoms with Crippen LogP contribution in [-0.2, 0) is 58.0 Å². The Morgan fingerprint density at radius 1 is 0.786 bits per heavy atom. The van der Waals surface area contributed by atoms with Gasteiger partial charge in [-0.05, 0) is 149 Å². The van der Waals surface area contributed by atoms with Crippen molar-refractivity contribution in [2.45, 2.75) is 127 Å². The van der Waals surface area contributed by atoms with Crippen LogP contribution in [0, 0.1) is 5.92 Å². The number of likely N-dealkylation sites (tertiary alicyclic amines) is 1. The number of amides is 6. The van der Waals surface area contributed by atoms with Crippen LogP contribution in [0.2, 0.25) is 5.02 Å². The number of imide groups is 1. The SMILES string of the molecule is O=C1CCC(N2Cc3c(CCCCCN4CCN(CCC(=O)Nc5ccc6c(=O)n(CC7(O)CCN(C(=O)C(CCCNC(=O)c8ccc9c(Cl)c%10c(nc9c8)CCCC%10)Cc8ccccc8)CC7)cnc6c5)CC4)cccc3C2=O)C(=O)N1. The molecule has 3 fully saturated rings. The van der Waals surface area contributed by atoms with E-state index in [1.165, 1.54) is 10.9 Å². The lowest BCUT2D eigenvalue weighted by Crippen LogP contribution is -2.52. The number of nitrogens with one attached hydrogen (secondary N) is 3. The Labute approximate surface area is 494 Å². The minimum Gasteiger partial charge on any atom is -0.388 e. The van der Waals surface area contributed by atoms with E-state index in [2.05, 4.69) is 36.8 Å². The molecule has 0 saturated carbocycles. The van der Waals surface area contributed by atoms with Gasteiger partial charge in [-0.2, -0.15) is 0 Å². The van der Waals surface area contributed by atoms with Gasteiger partial charge in [0.25, 0.3) is 17.4 Å². The Balaban J connectivity index is 0.595. The molecule has 84 heavy (non-hydrogen) atoms. The summed E-state index contributed by atoms with van der Waals surface area (Å²) < 4.78 is 1.43. The summed E-state index contributed by atoms with van der Waals surface area (Å²) in [7, 11) is 0. The number of piperidine rings is 2. The third kappa shape index (κ3) is 13.6. The number of hydrogen-bond donors (Lipinski definition) is 4. The molecule has 0 bridgehead atoms. The molecule has 1 aliphatic carbocycles. The molecule has 6 amide bonds. The number of nitrogens with zero attached hydrogens (tertiary/aromatic N) is 7. The van der Waals surface area contributed by atoms with Crippen molar-refractivity contribution < 1.29 is 33.9 Å². The van der Waals surface area contributed by atoms with E-state index in [0.717, 1.165) is 128 Å². The van der Waals surface area contributed by atoms with E-state index >= 15 is 0 Å². The van der Waals surface area contributed by atoms with E-state index in [1.807, 2.05) is 59.5 Å². The summed E-state index contributed by atoms with van der Waals surface area (Å²) in [4.78, 5) is 110. The van der Waals surface area contributed by atoms with Crippen LogP contribution in [-0.4, -0.2) is 145 Å². The number of rotatable bonds is 21. The maximum Gasteiger partial charge on any atom is 0.261 e. The molecule has 6 aromatic rings. The van der Waals surface area contributed by atoms with Gasteiger partial charge in [0.15, 0.2) is 0 Å². The Hall–Kier alpha value is -7.38. The van der Waals surface area contributed by atoms with E-state index in [0.29, 0.717) is 92.5 Å². The highest BCUT2D eigenvalue weighted by Gasteiger charge is 2.40. The van der Waals surface area contributed by atoms with Gasteiger partial charge < -0.3 is 35.3 Å². The molecule has 11 rings (SSSR count). The molecule has 3 saturated heterocycles. The molecule has 6 heterocycles. The Bertz CT molecular complexity index is 3520. The number of unbranched alkanes of at least 4 members (excludes halogenated alkanes) is 2. The number of aryl methyl sites for hydroxylation is 2. The molecular formula is C65H75ClN10O8. The van der Waals surface area contributed by atoms with Gasteiger partial charge in [-0.25, -0.2) is 4.98 Å². The molecule has 2 atom stereocenters. The van der Waals surface area contributed by atoms with E-state index in [9.17, 15) is 38.7 Å². The zero-order chi connectivity index (χ0) is 58.3. The first-order valence-electron chi connectivity index (χ1n) is 30.2. The van der Waals surface area contributed by atoms with Crippen LogP contribution in [0.1, 0.15) is 126 Å². The second-order valence-corrected chi connectivity index (χ2v) is 24.0. The molecule has 4 aliphatic heterocycles. The minimum atomic E-state index is -1.23. The van der Waals surface area contributed by atoms with Crippen molar-refractivity contribution in [1.82, 2.24) is 44.8 Å². The summed E-state index contributed by atoms with van der Waals surface area (Å²) in [6.07, 6.45) is 12.6. The molecule has 4 N–H and O–H groups in total. The second-order valence-electron chi connectivity index (χ2n) is 23.7. The van der Waals surface area contributed by atoms with Gasteiger partial charge in [0.2, 0.25) is 23.6 Å². The highest BCUT2D eigenvalue weighted by atomic mass is 35.5. The van der Waals surface area contributed by atoms with Gasteiger partial charge in [0.1, 0.15) is 6.04 Å². The van der Waals surface area contributed by atoms with Gasteiger partial charge in [-0.15, -0.1) is 0 Å². The van der Waals surface area contributed by atoms with E-state index in [-0.39, 0.29) is 66.8 Å². The summed E-state index contributed by atoms with van der Waals surface area (Å²) in [5.74, 6) is -1.47. The van der Waals surface area contributed by atoms with Crippen LogP contribution >= 0.6 is 11.6 Å². The fraction of sp³-hybridized carbons (Fsp3) is 0.462. The smallest absolute Gasteiger partial charge is 0.261 e. The summed E-state index contributed by atoms with van der Waals surface area (Å²) in [5, 5.41) is 22.2. The molecule has 0 spiro atoms. The lowest BCUT2D eigenvalue weighted by atomic mass is 9.88. The van der Waals surface area contributed by atoms with Gasteiger partial charge in [-0.3, -0.25) is 48.4 Å². The van der Waals surface area contributed by atoms with Crippen molar-refractivity contribution in [2.75, 3.05) is 64.2 Å². The zero-order valence-electron chi connectivity index (χ0n) is 47.7. The average molecular weight is 1160 g/mol. The molecule has 18 nitrogen and oxygen atoms in total. The van der Waals surface area contributed by atoms with Crippen molar-refractivity contribution in [3.05, 3.63) is 146 Å². The minimum absolute atomic E-state index is 0.00800. The van der Waals surface area contributed by atoms with Crippen LogP contribution in [0.25, 0.3) is 21.8 Å². The Kier molecular flexibility index (Phi) is 18.3. The zero-order valence-corrected chi connectivity index (χ0v) is 48.5. The number of aliphatic hydroxyl groups is 1. The van der Waals surface area contributed by atoms with Crippen LogP contribution in [0.4, 0.5) is 5.69 Å². The Morgan fingerprint density at radius 3 is 2.36 bits per heavy atom. The largest absolute Gasteiger partial charge is 0.388 e. The maximum atomic E-state index is 14.3. The van der Waals surface area contributed by atoms with Crippen LogP contribution in [0.5, 0.6) is 0 Å². The number of anilines is 1. The van der Waals surface area contributed by atoms with Crippen molar-refractivity contribution >= 4 is 74.5 Å². The number of aromatic nitrogens is 3. The first-order valence-corrected chi connectivity index (χ1v) is 30.6. The lowest BCUT2D eigenvalue weighted by Gasteiger charge is -2.39. The molecule has 19 heteroatoms. The molecular weight excluding hydrogens is 1080 g/mol. The number of carbonyl (C=O) groups is 6. The average Bonchev–Trinajstić information content (AvgIpc) is 3.98. The van der Waals surface area contributed by atoms with Crippen molar-refractivity contribution in [1.29, 1.82) is 0 Å². The van der Waals surface area contributed by atoms with Crippen LogP contribution in [0.3, 0.4) is 0 Å². The van der Waals surface area contributed by atoms with E-state index in [4.69, 9.17) is 16.6 Å². The number of halogens is 1. The summed E-state index contributed by atoms with van der Waals surface area (Å²) in [6, 6.07) is 25.7. The first kappa shape index (κ1) is 58.4. The van der Waals surface area contributed by atoms with Gasteiger partial charge in [0.05, 0.1) is 39.9 Å². The van der Waals surface area contributed by atoms with Gasteiger partial charge in [0, 0.05) is 106 Å². The lowest BCUT2D eigenvalue weighted by molar-refractivity contribution is -0.140. The topological polar surface area (TPSA) is 219 Å². The molecule has 2 unspecified atom stereocenters. The number of fused-ring (bicyclic) bond motifs is 4. The van der Waals surface area contributed by atoms with E-state index < -0.39 is 17.6 Å². The normalized spacial score (nSPS) is 18.6. The predicted octanol–water partition coefficient (Wildman–Crippen LogP) is 7.02. The maximum absolute atomic E-state index is 14.3. The van der Waals surface area contributed by atoms with Crippen molar-refractivity contribution in [3.8, 4) is 0 Å². The number of hydrogen-bond acceptors (Lipinski definition) is 12. The first-order chi connectivity index (χ1) is 40.8. The second kappa shape index (κ2) is 26.3. The highest BCUT2D eigenvalue weighted by Crippen LogP contribution is 2.35. The molecule has 5 aliphatic rings. The third-order valence-electron chi connectivity index (χ3n) is 17.9. The molecule has 2 aromatic heterocycles. The van der Waals surface area contributed by atoms with E-state index in [1.54, 1.807) is 29.2 Å². The Morgan fingerprint density at radius 2 is 1.56 bits per heavy atom. The predicted molar refractivity (Wildman–Crippen MR) is 322 cm³/mol. The van der Waals surface area contributed by atoms with Crippen LogP contribution in [0.15, 0.2) is 96.1 Å². The fourth-order valence-electron chi connectivity index (χ4n) is 13.0. The molecule has 4 aromatic carbocycles. The summed E-state index contributed by atoms with van der Waals surface area (Å²) in [6.45, 7) is 6.74. The highest BCUT2D eigenvalue weighted by molar-refractivity contribution is 6.36. The fourth-order valence-corrected chi connectivity index (χ4v) is 13.4.